The van der Waals surface area contributed by atoms with Gasteiger partial charge in [0.25, 0.3) is 0 Å². The third-order valence-corrected chi connectivity index (χ3v) is 6.97. The van der Waals surface area contributed by atoms with Crippen LogP contribution in [-0.4, -0.2) is 62.7 Å². The summed E-state index contributed by atoms with van der Waals surface area (Å²) in [5.41, 5.74) is 0. The maximum Gasteiger partial charge on any atom is 0.193 e. The van der Waals surface area contributed by atoms with E-state index in [0.29, 0.717) is 16.7 Å². The summed E-state index contributed by atoms with van der Waals surface area (Å²) < 4.78 is 24.6. The molecular weight excluding hydrogens is 330 g/mol. The summed E-state index contributed by atoms with van der Waals surface area (Å²) in [5.74, 6) is 1.95. The summed E-state index contributed by atoms with van der Waals surface area (Å²) >= 11 is 2.00. The highest BCUT2D eigenvalue weighted by molar-refractivity contribution is 8.00. The van der Waals surface area contributed by atoms with E-state index in [2.05, 4.69) is 22.1 Å². The van der Waals surface area contributed by atoms with Crippen molar-refractivity contribution in [3.8, 4) is 0 Å². The molecule has 0 aromatic heterocycles. The number of benzene rings is 1. The van der Waals surface area contributed by atoms with Crippen molar-refractivity contribution in [2.24, 2.45) is 4.99 Å². The van der Waals surface area contributed by atoms with Crippen molar-refractivity contribution < 1.29 is 8.42 Å². The van der Waals surface area contributed by atoms with Gasteiger partial charge in [-0.15, -0.1) is 0 Å². The number of rotatable bonds is 5. The molecule has 1 unspecified atom stereocenters. The minimum Gasteiger partial charge on any atom is -0.355 e. The molecule has 0 amide bonds. The molecule has 128 valence electrons. The van der Waals surface area contributed by atoms with E-state index in [1.165, 1.54) is 0 Å². The van der Waals surface area contributed by atoms with Gasteiger partial charge in [0, 0.05) is 37.7 Å². The van der Waals surface area contributed by atoms with Crippen LogP contribution >= 0.6 is 11.8 Å². The smallest absolute Gasteiger partial charge is 0.193 e. The number of sulfone groups is 1. The van der Waals surface area contributed by atoms with Gasteiger partial charge in [0.15, 0.2) is 15.8 Å². The van der Waals surface area contributed by atoms with E-state index in [0.717, 1.165) is 31.2 Å². The van der Waals surface area contributed by atoms with Crippen LogP contribution in [0.3, 0.4) is 0 Å². The molecule has 1 atom stereocenters. The number of thioether (sulfide) groups is 1. The molecule has 23 heavy (non-hydrogen) atoms. The minimum absolute atomic E-state index is 0.0653. The molecule has 1 aliphatic rings. The first-order chi connectivity index (χ1) is 11.1. The largest absolute Gasteiger partial charge is 0.355 e. The Morgan fingerprint density at radius 2 is 2.13 bits per heavy atom. The van der Waals surface area contributed by atoms with E-state index in [-0.39, 0.29) is 5.75 Å². The Balaban J connectivity index is 1.89. The molecule has 0 radical (unpaired) electrons. The first-order valence-electron chi connectivity index (χ1n) is 7.92. The molecule has 2 rings (SSSR count). The van der Waals surface area contributed by atoms with Crippen LogP contribution < -0.4 is 5.32 Å². The van der Waals surface area contributed by atoms with Gasteiger partial charge in [0.05, 0.1) is 10.6 Å². The van der Waals surface area contributed by atoms with E-state index in [1.807, 2.05) is 17.8 Å². The van der Waals surface area contributed by atoms with Crippen LogP contribution in [0.5, 0.6) is 0 Å². The van der Waals surface area contributed by atoms with Gasteiger partial charge in [0.2, 0.25) is 0 Å². The fourth-order valence-electron chi connectivity index (χ4n) is 2.53. The second-order valence-electron chi connectivity index (χ2n) is 5.45. The van der Waals surface area contributed by atoms with Crippen molar-refractivity contribution in [2.75, 3.05) is 38.2 Å². The summed E-state index contributed by atoms with van der Waals surface area (Å²) in [6, 6.07) is 8.58. The zero-order valence-electron chi connectivity index (χ0n) is 13.7. The molecule has 1 saturated heterocycles. The van der Waals surface area contributed by atoms with Gasteiger partial charge in [-0.05, 0) is 18.6 Å². The Bertz CT molecular complexity index is 617. The number of hydrogen-bond acceptors (Lipinski definition) is 4. The van der Waals surface area contributed by atoms with Crippen LogP contribution in [0.25, 0.3) is 0 Å². The highest BCUT2D eigenvalue weighted by Gasteiger charge is 2.22. The molecule has 1 aromatic rings. The maximum absolute atomic E-state index is 12.3. The fourth-order valence-corrected chi connectivity index (χ4v) is 4.89. The van der Waals surface area contributed by atoms with Gasteiger partial charge in [-0.25, -0.2) is 8.42 Å². The number of aliphatic imine (C=N–C) groups is 1. The lowest BCUT2D eigenvalue weighted by atomic mass is 10.3. The molecule has 0 aliphatic carbocycles. The first kappa shape index (κ1) is 18.1. The van der Waals surface area contributed by atoms with E-state index in [4.69, 9.17) is 0 Å². The molecule has 1 aliphatic heterocycles. The van der Waals surface area contributed by atoms with Gasteiger partial charge < -0.3 is 10.2 Å². The van der Waals surface area contributed by atoms with Crippen LogP contribution in [0.1, 0.15) is 13.3 Å². The first-order valence-corrected chi connectivity index (χ1v) is 10.6. The van der Waals surface area contributed by atoms with Crippen LogP contribution in [-0.2, 0) is 9.84 Å². The second kappa shape index (κ2) is 8.59. The van der Waals surface area contributed by atoms with Crippen molar-refractivity contribution in [3.05, 3.63) is 30.3 Å². The van der Waals surface area contributed by atoms with Crippen LogP contribution in [0.4, 0.5) is 0 Å². The third kappa shape index (κ3) is 5.14. The summed E-state index contributed by atoms with van der Waals surface area (Å²) in [4.78, 5) is 6.89. The van der Waals surface area contributed by atoms with Gasteiger partial charge in [-0.1, -0.05) is 25.1 Å². The van der Waals surface area contributed by atoms with E-state index in [9.17, 15) is 8.42 Å². The van der Waals surface area contributed by atoms with Crippen LogP contribution in [0.15, 0.2) is 40.2 Å². The number of hydrogen-bond donors (Lipinski definition) is 1. The fraction of sp³-hybridized carbons (Fsp3) is 0.562. The third-order valence-electron chi connectivity index (χ3n) is 3.86. The zero-order valence-corrected chi connectivity index (χ0v) is 15.4. The molecular formula is C16H25N3O2S2. The summed E-state index contributed by atoms with van der Waals surface area (Å²) in [5, 5.41) is 3.82. The number of guanidine groups is 1. The average molecular weight is 356 g/mol. The predicted octanol–water partition coefficient (Wildman–Crippen LogP) is 1.86. The Morgan fingerprint density at radius 3 is 2.78 bits per heavy atom. The molecule has 0 saturated carbocycles. The number of nitrogens with one attached hydrogen (secondary N) is 1. The van der Waals surface area contributed by atoms with E-state index >= 15 is 0 Å². The molecule has 1 aromatic carbocycles. The summed E-state index contributed by atoms with van der Waals surface area (Å²) in [7, 11) is -1.50. The van der Waals surface area contributed by atoms with E-state index < -0.39 is 9.84 Å². The SMILES string of the molecule is CCC1CN(C(=NC)NCCS(=O)(=O)c2ccccc2)CCS1. The van der Waals surface area contributed by atoms with Gasteiger partial charge in [-0.3, -0.25) is 4.99 Å². The van der Waals surface area contributed by atoms with Gasteiger partial charge in [0.1, 0.15) is 0 Å². The standard InChI is InChI=1S/C16H25N3O2S2/c1-3-14-13-19(10-11-22-14)16(17-2)18-9-12-23(20,21)15-7-5-4-6-8-15/h4-8,14H,3,9-13H2,1-2H3,(H,17,18). The van der Waals surface area contributed by atoms with Crippen molar-refractivity contribution in [1.82, 2.24) is 10.2 Å². The average Bonchev–Trinajstić information content (AvgIpc) is 2.59. The van der Waals surface area contributed by atoms with Crippen LogP contribution in [0.2, 0.25) is 0 Å². The molecule has 0 spiro atoms. The Morgan fingerprint density at radius 1 is 1.39 bits per heavy atom. The summed E-state index contributed by atoms with van der Waals surface area (Å²) in [6.07, 6.45) is 1.14. The highest BCUT2D eigenvalue weighted by Crippen LogP contribution is 2.21. The quantitative estimate of drug-likeness (QED) is 0.645. The second-order valence-corrected chi connectivity index (χ2v) is 8.97. The molecule has 1 fully saturated rings. The monoisotopic (exact) mass is 355 g/mol. The van der Waals surface area contributed by atoms with Crippen molar-refractivity contribution in [3.63, 3.8) is 0 Å². The maximum atomic E-state index is 12.3. The molecule has 5 nitrogen and oxygen atoms in total. The highest BCUT2D eigenvalue weighted by atomic mass is 32.2. The molecule has 1 heterocycles. The van der Waals surface area contributed by atoms with Crippen molar-refractivity contribution >= 4 is 27.6 Å². The molecule has 0 bridgehead atoms. The predicted molar refractivity (Wildman–Crippen MR) is 98.0 cm³/mol. The zero-order chi connectivity index (χ0) is 16.7. The van der Waals surface area contributed by atoms with Crippen molar-refractivity contribution in [1.29, 1.82) is 0 Å². The molecule has 1 N–H and O–H groups in total. The lowest BCUT2D eigenvalue weighted by Crippen LogP contribution is -2.48. The normalized spacial score (nSPS) is 19.7. The van der Waals surface area contributed by atoms with Crippen molar-refractivity contribution in [2.45, 2.75) is 23.5 Å². The van der Waals surface area contributed by atoms with Crippen LogP contribution in [0, 0.1) is 0 Å². The van der Waals surface area contributed by atoms with Gasteiger partial charge >= 0.3 is 0 Å². The minimum atomic E-state index is -3.25. The molecule has 7 heteroatoms. The summed E-state index contributed by atoms with van der Waals surface area (Å²) in [6.45, 7) is 4.48. The lowest BCUT2D eigenvalue weighted by molar-refractivity contribution is 0.409. The Labute approximate surface area is 143 Å². The topological polar surface area (TPSA) is 61.8 Å². The Hall–Kier alpha value is -1.21. The lowest BCUT2D eigenvalue weighted by Gasteiger charge is -2.34. The Kier molecular flexibility index (Phi) is 6.77. The number of nitrogens with zero attached hydrogens (tertiary/aromatic N) is 2. The van der Waals surface area contributed by atoms with Gasteiger partial charge in [-0.2, -0.15) is 11.8 Å². The van der Waals surface area contributed by atoms with E-state index in [1.54, 1.807) is 31.3 Å².